The fraction of sp³-hybridized carbons (Fsp3) is 0.429. The number of alkyl halides is 1. The average molecular weight is 373 g/mol. The van der Waals surface area contributed by atoms with Crippen LogP contribution in [0.2, 0.25) is 0 Å². The van der Waals surface area contributed by atoms with Crippen molar-refractivity contribution in [3.05, 3.63) is 29.3 Å². The number of hydrogen-bond donors (Lipinski definition) is 0. The lowest BCUT2D eigenvalue weighted by molar-refractivity contribution is -0.110. The van der Waals surface area contributed by atoms with Gasteiger partial charge in [0, 0.05) is 25.3 Å². The molecule has 21 heavy (non-hydrogen) atoms. The van der Waals surface area contributed by atoms with E-state index in [0.29, 0.717) is 17.0 Å². The molecule has 1 aromatic rings. The third kappa shape index (κ3) is 3.18. The summed E-state index contributed by atoms with van der Waals surface area (Å²) in [4.78, 5) is 17.7. The van der Waals surface area contributed by atoms with Crippen molar-refractivity contribution in [2.24, 2.45) is 9.52 Å². The maximum atomic E-state index is 12.6. The Morgan fingerprint density at radius 1 is 1.57 bits per heavy atom. The van der Waals surface area contributed by atoms with Gasteiger partial charge in [-0.2, -0.15) is 0 Å². The van der Waals surface area contributed by atoms with Crippen LogP contribution >= 0.6 is 15.9 Å². The first-order chi connectivity index (χ1) is 9.90. The van der Waals surface area contributed by atoms with Crippen molar-refractivity contribution in [2.75, 3.05) is 18.6 Å². The smallest absolute Gasteiger partial charge is 0.191 e. The van der Waals surface area contributed by atoms with Crippen LogP contribution in [0.15, 0.2) is 32.6 Å². The fourth-order valence-corrected chi connectivity index (χ4v) is 3.82. The van der Waals surface area contributed by atoms with Crippen LogP contribution in [0.3, 0.4) is 0 Å². The molecule has 114 valence electrons. The first-order valence-corrected chi connectivity index (χ1v) is 9.46. The zero-order chi connectivity index (χ0) is 15.6. The van der Waals surface area contributed by atoms with E-state index < -0.39 is 9.73 Å². The Labute approximate surface area is 133 Å². The van der Waals surface area contributed by atoms with E-state index in [1.807, 2.05) is 19.1 Å². The van der Waals surface area contributed by atoms with Crippen molar-refractivity contribution in [3.8, 4) is 0 Å². The number of rotatable bonds is 4. The monoisotopic (exact) mass is 372 g/mol. The van der Waals surface area contributed by atoms with Crippen molar-refractivity contribution in [1.29, 1.82) is 0 Å². The van der Waals surface area contributed by atoms with Gasteiger partial charge in [0.1, 0.15) is 5.71 Å². The highest BCUT2D eigenvalue weighted by Crippen LogP contribution is 2.35. The zero-order valence-electron chi connectivity index (χ0n) is 12.1. The van der Waals surface area contributed by atoms with E-state index >= 15 is 0 Å². The molecule has 0 N–H and O–H groups in total. The molecule has 0 fully saturated rings. The molecule has 0 amide bonds. The van der Waals surface area contributed by atoms with E-state index in [-0.39, 0.29) is 17.2 Å². The predicted molar refractivity (Wildman–Crippen MR) is 86.5 cm³/mol. The van der Waals surface area contributed by atoms with Crippen LogP contribution in [0.4, 0.5) is 0 Å². The van der Waals surface area contributed by atoms with Crippen LogP contribution in [0.1, 0.15) is 23.7 Å². The second-order valence-corrected chi connectivity index (χ2v) is 7.84. The molecule has 2 rings (SSSR count). The Balaban J connectivity index is 2.44. The lowest BCUT2D eigenvalue weighted by Crippen LogP contribution is -2.15. The summed E-state index contributed by atoms with van der Waals surface area (Å²) < 4.78 is 16.6. The van der Waals surface area contributed by atoms with E-state index in [1.165, 1.54) is 0 Å². The third-order valence-corrected chi connectivity index (χ3v) is 5.85. The maximum Gasteiger partial charge on any atom is 0.191 e. The SMILES string of the molecule is CN=S(C)(=O)c1cccc(C)c1C1CC(C(=O)CBr)=NO1. The fourth-order valence-electron chi connectivity index (χ4n) is 2.27. The standard InChI is InChI=1S/C14H17BrN2O3S/c1-9-5-4-6-13(21(3,19)16-2)14(9)12-7-10(17-20-12)11(18)8-15/h4-6,12H,7-8H2,1-3H3. The number of nitrogens with zero attached hydrogens (tertiary/aromatic N) is 2. The summed E-state index contributed by atoms with van der Waals surface area (Å²) in [5.41, 5.74) is 2.18. The van der Waals surface area contributed by atoms with E-state index in [9.17, 15) is 9.00 Å². The number of halogens is 1. The normalized spacial score (nSPS) is 20.4. The molecule has 0 saturated carbocycles. The Hall–Kier alpha value is -1.21. The highest BCUT2D eigenvalue weighted by Gasteiger charge is 2.31. The quantitative estimate of drug-likeness (QED) is 0.763. The Bertz CT molecular complexity index is 721. The number of hydrogen-bond acceptors (Lipinski definition) is 5. The Morgan fingerprint density at radius 3 is 2.90 bits per heavy atom. The molecular weight excluding hydrogens is 356 g/mol. The summed E-state index contributed by atoms with van der Waals surface area (Å²) in [5, 5.41) is 4.09. The van der Waals surface area contributed by atoms with Crippen LogP contribution in [0.5, 0.6) is 0 Å². The number of carbonyl (C=O) groups is 1. The second kappa shape index (κ2) is 6.27. The van der Waals surface area contributed by atoms with Gasteiger partial charge in [-0.15, -0.1) is 0 Å². The van der Waals surface area contributed by atoms with Crippen molar-refractivity contribution in [1.82, 2.24) is 0 Å². The van der Waals surface area contributed by atoms with Gasteiger partial charge in [-0.3, -0.25) is 4.79 Å². The molecule has 0 bridgehead atoms. The number of benzene rings is 1. The highest BCUT2D eigenvalue weighted by atomic mass is 79.9. The van der Waals surface area contributed by atoms with Gasteiger partial charge in [-0.1, -0.05) is 33.2 Å². The van der Waals surface area contributed by atoms with Gasteiger partial charge >= 0.3 is 0 Å². The van der Waals surface area contributed by atoms with Crippen LogP contribution < -0.4 is 0 Å². The minimum atomic E-state index is -2.48. The molecular formula is C14H17BrN2O3S. The van der Waals surface area contributed by atoms with Gasteiger partial charge in [-0.25, -0.2) is 8.57 Å². The molecule has 0 saturated heterocycles. The topological polar surface area (TPSA) is 68.1 Å². The minimum absolute atomic E-state index is 0.0926. The Kier molecular flexibility index (Phi) is 4.83. The molecule has 1 aliphatic heterocycles. The van der Waals surface area contributed by atoms with Crippen molar-refractivity contribution >= 4 is 37.2 Å². The molecule has 5 nitrogen and oxygen atoms in total. The summed E-state index contributed by atoms with van der Waals surface area (Å²) in [6.45, 7) is 1.93. The maximum absolute atomic E-state index is 12.6. The van der Waals surface area contributed by atoms with Crippen molar-refractivity contribution < 1.29 is 13.8 Å². The molecule has 1 aromatic carbocycles. The molecule has 0 radical (unpaired) electrons. The van der Waals surface area contributed by atoms with E-state index in [2.05, 4.69) is 25.4 Å². The Morgan fingerprint density at radius 2 is 2.29 bits per heavy atom. The summed E-state index contributed by atoms with van der Waals surface area (Å²) in [6.07, 6.45) is 1.61. The van der Waals surface area contributed by atoms with Crippen molar-refractivity contribution in [3.63, 3.8) is 0 Å². The highest BCUT2D eigenvalue weighted by molar-refractivity contribution is 9.09. The minimum Gasteiger partial charge on any atom is -0.387 e. The average Bonchev–Trinajstić information content (AvgIpc) is 2.95. The van der Waals surface area contributed by atoms with Crippen LogP contribution in [-0.4, -0.2) is 34.3 Å². The molecule has 2 atom stereocenters. The van der Waals surface area contributed by atoms with Gasteiger partial charge in [-0.05, 0) is 18.6 Å². The van der Waals surface area contributed by atoms with Crippen LogP contribution in [0, 0.1) is 6.92 Å². The van der Waals surface area contributed by atoms with E-state index in [0.717, 1.165) is 11.1 Å². The lowest BCUT2D eigenvalue weighted by atomic mass is 9.99. The first-order valence-electron chi connectivity index (χ1n) is 6.42. The summed E-state index contributed by atoms with van der Waals surface area (Å²) in [7, 11) is -0.940. The van der Waals surface area contributed by atoms with Crippen molar-refractivity contribution in [2.45, 2.75) is 24.3 Å². The van der Waals surface area contributed by atoms with Crippen LogP contribution in [-0.2, 0) is 19.4 Å². The molecule has 0 aromatic heterocycles. The molecule has 1 heterocycles. The molecule has 2 unspecified atom stereocenters. The zero-order valence-corrected chi connectivity index (χ0v) is 14.5. The summed E-state index contributed by atoms with van der Waals surface area (Å²) in [6, 6.07) is 5.58. The van der Waals surface area contributed by atoms with Gasteiger partial charge in [0.2, 0.25) is 0 Å². The number of oxime groups is 1. The van der Waals surface area contributed by atoms with Crippen LogP contribution in [0.25, 0.3) is 0 Å². The molecule has 0 spiro atoms. The third-order valence-electron chi connectivity index (χ3n) is 3.47. The van der Waals surface area contributed by atoms with E-state index in [4.69, 9.17) is 4.84 Å². The van der Waals surface area contributed by atoms with Gasteiger partial charge in [0.05, 0.1) is 20.0 Å². The van der Waals surface area contributed by atoms with E-state index in [1.54, 1.807) is 19.4 Å². The van der Waals surface area contributed by atoms with Gasteiger partial charge in [0.25, 0.3) is 0 Å². The van der Waals surface area contributed by atoms with Gasteiger partial charge in [0.15, 0.2) is 11.9 Å². The summed E-state index contributed by atoms with van der Waals surface area (Å²) >= 11 is 3.13. The lowest BCUT2D eigenvalue weighted by Gasteiger charge is -2.17. The number of Topliss-reactive ketones (excluding diaryl/α,β-unsaturated/α-hetero) is 1. The first kappa shape index (κ1) is 16.2. The predicted octanol–water partition coefficient (Wildman–Crippen LogP) is 2.86. The number of ketones is 1. The van der Waals surface area contributed by atoms with Gasteiger partial charge < -0.3 is 4.84 Å². The number of aryl methyl sites for hydroxylation is 1. The number of carbonyl (C=O) groups excluding carboxylic acids is 1. The summed E-state index contributed by atoms with van der Waals surface area (Å²) in [5.74, 6) is -0.0926. The second-order valence-electron chi connectivity index (χ2n) is 4.86. The molecule has 0 aliphatic carbocycles. The molecule has 1 aliphatic rings. The molecule has 7 heteroatoms. The largest absolute Gasteiger partial charge is 0.387 e.